The number of carbonyl (C=O) groups is 1. The molecular formula is C20H21NO4S. The van der Waals surface area contributed by atoms with E-state index in [1.165, 1.54) is 12.1 Å². The molecule has 26 heavy (non-hydrogen) atoms. The van der Waals surface area contributed by atoms with Crippen molar-refractivity contribution in [2.24, 2.45) is 11.3 Å². The van der Waals surface area contributed by atoms with Gasteiger partial charge in [0.25, 0.3) is 10.0 Å². The van der Waals surface area contributed by atoms with Gasteiger partial charge in [-0.25, -0.2) is 13.1 Å². The standard InChI is InChI=1S/C20H21NO4S/c1-3-16-13-20(16,2)19(22)21-26(23,24)18-11-9-17(10-12-18)25-14-15-7-5-4-6-8-15/h3-12,16H,1,13-14H2,2H3,(H,21,22)/t16-,20+/m1/s1. The first-order chi connectivity index (χ1) is 12.3. The van der Waals surface area contributed by atoms with E-state index in [0.29, 0.717) is 18.8 Å². The van der Waals surface area contributed by atoms with Crippen LogP contribution in [0.2, 0.25) is 0 Å². The summed E-state index contributed by atoms with van der Waals surface area (Å²) < 4.78 is 32.6. The second kappa shape index (κ2) is 6.96. The van der Waals surface area contributed by atoms with Gasteiger partial charge in [-0.15, -0.1) is 6.58 Å². The number of benzene rings is 2. The molecule has 3 rings (SSSR count). The molecular weight excluding hydrogens is 350 g/mol. The lowest BCUT2D eigenvalue weighted by molar-refractivity contribution is -0.124. The van der Waals surface area contributed by atoms with Crippen molar-refractivity contribution >= 4 is 15.9 Å². The quantitative estimate of drug-likeness (QED) is 0.758. The molecule has 1 fully saturated rings. The van der Waals surface area contributed by atoms with Crippen LogP contribution in [0, 0.1) is 11.3 Å². The summed E-state index contributed by atoms with van der Waals surface area (Å²) in [4.78, 5) is 12.3. The van der Waals surface area contributed by atoms with E-state index in [1.54, 1.807) is 25.1 Å². The molecule has 1 aliphatic carbocycles. The Morgan fingerprint density at radius 1 is 1.23 bits per heavy atom. The molecule has 0 bridgehead atoms. The molecule has 5 nitrogen and oxygen atoms in total. The summed E-state index contributed by atoms with van der Waals surface area (Å²) in [7, 11) is -3.91. The van der Waals surface area contributed by atoms with Gasteiger partial charge >= 0.3 is 0 Å². The molecule has 136 valence electrons. The van der Waals surface area contributed by atoms with Gasteiger partial charge in [-0.05, 0) is 42.2 Å². The Labute approximate surface area is 153 Å². The summed E-state index contributed by atoms with van der Waals surface area (Å²) >= 11 is 0. The first-order valence-electron chi connectivity index (χ1n) is 8.32. The van der Waals surface area contributed by atoms with E-state index < -0.39 is 21.3 Å². The van der Waals surface area contributed by atoms with Crippen LogP contribution in [0.5, 0.6) is 5.75 Å². The Balaban J connectivity index is 1.63. The van der Waals surface area contributed by atoms with Crippen molar-refractivity contribution in [1.82, 2.24) is 4.72 Å². The topological polar surface area (TPSA) is 72.5 Å². The number of carbonyl (C=O) groups excluding carboxylic acids is 1. The first kappa shape index (κ1) is 18.2. The first-order valence-corrected chi connectivity index (χ1v) is 9.80. The molecule has 2 aromatic rings. The van der Waals surface area contributed by atoms with Gasteiger partial charge in [-0.1, -0.05) is 43.3 Å². The molecule has 2 aromatic carbocycles. The Kier molecular flexibility index (Phi) is 4.87. The van der Waals surface area contributed by atoms with Crippen LogP contribution >= 0.6 is 0 Å². The Bertz CT molecular complexity index is 907. The van der Waals surface area contributed by atoms with E-state index >= 15 is 0 Å². The zero-order chi connectivity index (χ0) is 18.8. The number of allylic oxidation sites excluding steroid dienone is 1. The molecule has 1 saturated carbocycles. The molecule has 0 radical (unpaired) electrons. The minimum atomic E-state index is -3.91. The van der Waals surface area contributed by atoms with Crippen LogP contribution < -0.4 is 9.46 Å². The van der Waals surface area contributed by atoms with Crippen LogP contribution in [0.15, 0.2) is 72.1 Å². The van der Waals surface area contributed by atoms with Crippen molar-refractivity contribution in [3.05, 3.63) is 72.8 Å². The second-order valence-corrected chi connectivity index (χ2v) is 8.33. The third kappa shape index (κ3) is 3.80. The Morgan fingerprint density at radius 3 is 2.46 bits per heavy atom. The number of hydrogen-bond donors (Lipinski definition) is 1. The van der Waals surface area contributed by atoms with Gasteiger partial charge in [0.2, 0.25) is 5.91 Å². The van der Waals surface area contributed by atoms with Gasteiger partial charge in [-0.2, -0.15) is 0 Å². The highest BCUT2D eigenvalue weighted by molar-refractivity contribution is 7.90. The van der Waals surface area contributed by atoms with Crippen LogP contribution in [0.1, 0.15) is 18.9 Å². The van der Waals surface area contributed by atoms with Gasteiger partial charge in [0, 0.05) is 0 Å². The third-order valence-electron chi connectivity index (χ3n) is 4.71. The zero-order valence-electron chi connectivity index (χ0n) is 14.5. The van der Waals surface area contributed by atoms with Gasteiger partial charge in [-0.3, -0.25) is 4.79 Å². The van der Waals surface area contributed by atoms with Crippen LogP contribution in [-0.4, -0.2) is 14.3 Å². The van der Waals surface area contributed by atoms with E-state index in [9.17, 15) is 13.2 Å². The van der Waals surface area contributed by atoms with Crippen LogP contribution in [0.3, 0.4) is 0 Å². The number of amides is 1. The number of nitrogens with one attached hydrogen (secondary N) is 1. The highest BCUT2D eigenvalue weighted by Crippen LogP contribution is 2.53. The molecule has 1 N–H and O–H groups in total. The third-order valence-corrected chi connectivity index (χ3v) is 6.06. The average molecular weight is 371 g/mol. The van der Waals surface area contributed by atoms with Crippen molar-refractivity contribution < 1.29 is 17.9 Å². The van der Waals surface area contributed by atoms with Gasteiger partial charge < -0.3 is 4.74 Å². The van der Waals surface area contributed by atoms with Crippen molar-refractivity contribution in [3.63, 3.8) is 0 Å². The summed E-state index contributed by atoms with van der Waals surface area (Å²) in [6.45, 7) is 5.80. The molecule has 0 unspecified atom stereocenters. The largest absolute Gasteiger partial charge is 0.489 e. The van der Waals surface area contributed by atoms with E-state index in [-0.39, 0.29) is 10.8 Å². The van der Waals surface area contributed by atoms with E-state index in [0.717, 1.165) is 5.56 Å². The molecule has 0 saturated heterocycles. The van der Waals surface area contributed by atoms with Gasteiger partial charge in [0.1, 0.15) is 12.4 Å². The predicted octanol–water partition coefficient (Wildman–Crippen LogP) is 3.28. The summed E-state index contributed by atoms with van der Waals surface area (Å²) in [6.07, 6.45) is 2.30. The predicted molar refractivity (Wildman–Crippen MR) is 99.0 cm³/mol. The van der Waals surface area contributed by atoms with Crippen molar-refractivity contribution in [2.45, 2.75) is 24.8 Å². The van der Waals surface area contributed by atoms with Crippen LogP contribution in [-0.2, 0) is 21.4 Å². The van der Waals surface area contributed by atoms with Crippen LogP contribution in [0.4, 0.5) is 0 Å². The average Bonchev–Trinajstić information content (AvgIpc) is 3.33. The minimum absolute atomic E-state index is 0.0199. The van der Waals surface area contributed by atoms with E-state index in [2.05, 4.69) is 11.3 Å². The second-order valence-electron chi connectivity index (χ2n) is 6.64. The molecule has 0 spiro atoms. The van der Waals surface area contributed by atoms with E-state index in [4.69, 9.17) is 4.74 Å². The number of rotatable bonds is 7. The summed E-state index contributed by atoms with van der Waals surface area (Å²) in [5.41, 5.74) is 0.332. The smallest absolute Gasteiger partial charge is 0.264 e. The normalized spacial score (nSPS) is 21.7. The lowest BCUT2D eigenvalue weighted by Gasteiger charge is -2.12. The molecule has 6 heteroatoms. The summed E-state index contributed by atoms with van der Waals surface area (Å²) in [5.74, 6) is 0.0817. The number of sulfonamides is 1. The lowest BCUT2D eigenvalue weighted by Crippen LogP contribution is -2.36. The molecule has 1 aliphatic rings. The fraction of sp³-hybridized carbons (Fsp3) is 0.250. The maximum Gasteiger partial charge on any atom is 0.264 e. The number of ether oxygens (including phenoxy) is 1. The van der Waals surface area contributed by atoms with Crippen molar-refractivity contribution in [3.8, 4) is 5.75 Å². The SMILES string of the molecule is C=C[C@@H]1C[C@]1(C)C(=O)NS(=O)(=O)c1ccc(OCc2ccccc2)cc1. The molecule has 0 aromatic heterocycles. The lowest BCUT2D eigenvalue weighted by atomic mass is 10.1. The number of hydrogen-bond acceptors (Lipinski definition) is 4. The summed E-state index contributed by atoms with van der Waals surface area (Å²) in [6, 6.07) is 15.7. The zero-order valence-corrected chi connectivity index (χ0v) is 15.3. The maximum atomic E-state index is 12.4. The highest BCUT2D eigenvalue weighted by Gasteiger charge is 2.55. The monoisotopic (exact) mass is 371 g/mol. The fourth-order valence-corrected chi connectivity index (χ4v) is 3.85. The summed E-state index contributed by atoms with van der Waals surface area (Å²) in [5, 5.41) is 0. The van der Waals surface area contributed by atoms with Crippen molar-refractivity contribution in [2.75, 3.05) is 0 Å². The van der Waals surface area contributed by atoms with Gasteiger partial charge in [0.15, 0.2) is 0 Å². The Hall–Kier alpha value is -2.60. The van der Waals surface area contributed by atoms with Crippen molar-refractivity contribution in [1.29, 1.82) is 0 Å². The Morgan fingerprint density at radius 2 is 1.88 bits per heavy atom. The van der Waals surface area contributed by atoms with Gasteiger partial charge in [0.05, 0.1) is 10.3 Å². The van der Waals surface area contributed by atoms with Crippen LogP contribution in [0.25, 0.3) is 0 Å². The maximum absolute atomic E-state index is 12.4. The molecule has 2 atom stereocenters. The molecule has 1 amide bonds. The molecule has 0 heterocycles. The van der Waals surface area contributed by atoms with E-state index in [1.807, 2.05) is 30.3 Å². The highest BCUT2D eigenvalue weighted by atomic mass is 32.2. The fourth-order valence-electron chi connectivity index (χ4n) is 2.76. The molecule has 0 aliphatic heterocycles. The minimum Gasteiger partial charge on any atom is -0.489 e.